The van der Waals surface area contributed by atoms with Gasteiger partial charge in [0.1, 0.15) is 0 Å². The number of hydrogen-bond acceptors (Lipinski definition) is 4. The Morgan fingerprint density at radius 3 is 2.00 bits per heavy atom. The second-order valence-corrected chi connectivity index (χ2v) is 3.99. The molecule has 0 spiro atoms. The topological polar surface area (TPSA) is 83.2 Å². The summed E-state index contributed by atoms with van der Waals surface area (Å²) in [6.07, 6.45) is 3.05. The van der Waals surface area contributed by atoms with Gasteiger partial charge >= 0.3 is 29.6 Å². The van der Waals surface area contributed by atoms with Crippen LogP contribution >= 0.6 is 0 Å². The van der Waals surface area contributed by atoms with Gasteiger partial charge in [-0.25, -0.2) is 8.42 Å². The molecule has 6 heteroatoms. The average Bonchev–Trinajstić information content (AvgIpc) is 1.85. The van der Waals surface area contributed by atoms with E-state index < -0.39 is 10.1 Å². The average molecular weight is 203 g/mol. The van der Waals surface area contributed by atoms with Gasteiger partial charge in [-0.2, -0.15) is 0 Å². The van der Waals surface area contributed by atoms with E-state index in [9.17, 15) is 13.0 Å². The molecule has 0 atom stereocenters. The zero-order valence-electron chi connectivity index (χ0n) is 7.45. The van der Waals surface area contributed by atoms with Gasteiger partial charge in [-0.15, -0.1) is 0 Å². The molecule has 0 radical (unpaired) electrons. The van der Waals surface area contributed by atoms with Crippen LogP contribution < -0.4 is 35.3 Å². The van der Waals surface area contributed by atoms with Crippen LogP contribution in [0.4, 0.5) is 0 Å². The third-order valence-corrected chi connectivity index (χ3v) is 2.14. The Kier molecular flexibility index (Phi) is 10.8. The molecule has 0 bridgehead atoms. The predicted octanol–water partition coefficient (Wildman–Crippen LogP) is -2.95. The Labute approximate surface area is 95.9 Å². The van der Waals surface area contributed by atoms with E-state index in [1.54, 1.807) is 0 Å². The molecule has 0 aliphatic rings. The van der Waals surface area contributed by atoms with Crippen LogP contribution in [0.1, 0.15) is 25.7 Å². The number of hydrogen-bond donors (Lipinski definition) is 1. The van der Waals surface area contributed by atoms with Crippen molar-refractivity contribution in [3.63, 3.8) is 0 Å². The molecule has 4 nitrogen and oxygen atoms in total. The zero-order chi connectivity index (χ0) is 8.74. The van der Waals surface area contributed by atoms with Crippen LogP contribution in [0.2, 0.25) is 0 Å². The van der Waals surface area contributed by atoms with E-state index >= 15 is 0 Å². The largest absolute Gasteiger partial charge is 1.00 e. The molecule has 0 saturated carbocycles. The molecule has 0 aromatic rings. The fourth-order valence-corrected chi connectivity index (χ4v) is 1.33. The number of rotatable bonds is 6. The molecule has 0 unspecified atom stereocenters. The molecule has 0 rings (SSSR count). The normalized spacial score (nSPS) is 10.8. The molecule has 0 heterocycles. The molecule has 68 valence electrons. The van der Waals surface area contributed by atoms with Crippen LogP contribution in [0.5, 0.6) is 0 Å². The van der Waals surface area contributed by atoms with E-state index in [0.29, 0.717) is 13.0 Å². The zero-order valence-corrected chi connectivity index (χ0v) is 10.3. The third-order valence-electron chi connectivity index (χ3n) is 1.35. The van der Waals surface area contributed by atoms with Gasteiger partial charge in [-0.3, -0.25) is 0 Å². The molecule has 0 aromatic carbocycles. The van der Waals surface area contributed by atoms with Crippen molar-refractivity contribution in [2.24, 2.45) is 5.73 Å². The van der Waals surface area contributed by atoms with Gasteiger partial charge in [0, 0.05) is 5.75 Å². The van der Waals surface area contributed by atoms with Crippen LogP contribution in [-0.4, -0.2) is 25.3 Å². The SMILES string of the molecule is NCCCCCCS(=O)(=O)[O-].[Na+]. The minimum atomic E-state index is -3.99. The Morgan fingerprint density at radius 1 is 1.08 bits per heavy atom. The van der Waals surface area contributed by atoms with Crippen LogP contribution in [0.3, 0.4) is 0 Å². The van der Waals surface area contributed by atoms with Crippen LogP contribution in [0.15, 0.2) is 0 Å². The van der Waals surface area contributed by atoms with Crippen molar-refractivity contribution >= 4 is 10.1 Å². The van der Waals surface area contributed by atoms with Crippen molar-refractivity contribution in [3.05, 3.63) is 0 Å². The van der Waals surface area contributed by atoms with E-state index in [-0.39, 0.29) is 35.3 Å². The van der Waals surface area contributed by atoms with Crippen LogP contribution in [0, 0.1) is 0 Å². The van der Waals surface area contributed by atoms with Crippen molar-refractivity contribution in [1.82, 2.24) is 0 Å². The second kappa shape index (κ2) is 8.47. The Balaban J connectivity index is 0. The summed E-state index contributed by atoms with van der Waals surface area (Å²) < 4.78 is 30.3. The number of nitrogens with two attached hydrogens (primary N) is 1. The van der Waals surface area contributed by atoms with E-state index in [1.165, 1.54) is 0 Å². The molecule has 12 heavy (non-hydrogen) atoms. The monoisotopic (exact) mass is 203 g/mol. The van der Waals surface area contributed by atoms with Gasteiger partial charge in [0.05, 0.1) is 10.1 Å². The summed E-state index contributed by atoms with van der Waals surface area (Å²) >= 11 is 0. The molecule has 0 aromatic heterocycles. The molecule has 0 aliphatic heterocycles. The summed E-state index contributed by atoms with van der Waals surface area (Å²) in [5.74, 6) is -0.239. The maximum absolute atomic E-state index is 10.1. The van der Waals surface area contributed by atoms with Crippen molar-refractivity contribution < 1.29 is 42.5 Å². The Bertz CT molecular complexity index is 181. The minimum absolute atomic E-state index is 0. The van der Waals surface area contributed by atoms with E-state index in [0.717, 1.165) is 19.3 Å². The fraction of sp³-hybridized carbons (Fsp3) is 1.00. The minimum Gasteiger partial charge on any atom is -0.748 e. The second-order valence-electron chi connectivity index (χ2n) is 2.46. The molecule has 0 aliphatic carbocycles. The van der Waals surface area contributed by atoms with Crippen LogP contribution in [-0.2, 0) is 10.1 Å². The summed E-state index contributed by atoms with van der Waals surface area (Å²) in [6, 6.07) is 0. The predicted molar refractivity (Wildman–Crippen MR) is 42.1 cm³/mol. The standard InChI is InChI=1S/C6H15NO3S.Na/c7-5-3-1-2-4-6-11(8,9)10;/h1-7H2,(H,8,9,10);/q;+1/p-1. The van der Waals surface area contributed by atoms with Gasteiger partial charge in [0.15, 0.2) is 0 Å². The first-order valence-corrected chi connectivity index (χ1v) is 5.27. The molecule has 2 N–H and O–H groups in total. The van der Waals surface area contributed by atoms with Gasteiger partial charge in [0.25, 0.3) is 0 Å². The summed E-state index contributed by atoms with van der Waals surface area (Å²) in [5, 5.41) is 0. The smallest absolute Gasteiger partial charge is 0.748 e. The quantitative estimate of drug-likeness (QED) is 0.284. The van der Waals surface area contributed by atoms with Crippen molar-refractivity contribution in [1.29, 1.82) is 0 Å². The van der Waals surface area contributed by atoms with E-state index in [4.69, 9.17) is 5.73 Å². The van der Waals surface area contributed by atoms with Gasteiger partial charge in [-0.05, 0) is 19.4 Å². The third kappa shape index (κ3) is 13.5. The van der Waals surface area contributed by atoms with E-state index in [1.807, 2.05) is 0 Å². The van der Waals surface area contributed by atoms with Crippen molar-refractivity contribution in [2.45, 2.75) is 25.7 Å². The molecular formula is C6H14NNaO3S. The molecular weight excluding hydrogens is 189 g/mol. The summed E-state index contributed by atoms with van der Waals surface area (Å²) in [4.78, 5) is 0. The Morgan fingerprint density at radius 2 is 1.58 bits per heavy atom. The summed E-state index contributed by atoms with van der Waals surface area (Å²) in [6.45, 7) is 0.629. The van der Waals surface area contributed by atoms with Crippen molar-refractivity contribution in [3.8, 4) is 0 Å². The molecule has 0 amide bonds. The first-order valence-electron chi connectivity index (χ1n) is 3.70. The fourth-order valence-electron chi connectivity index (χ4n) is 0.777. The van der Waals surface area contributed by atoms with Gasteiger partial charge in [-0.1, -0.05) is 12.8 Å². The molecule has 0 fully saturated rings. The summed E-state index contributed by atoms with van der Waals surface area (Å²) in [5.41, 5.74) is 5.22. The summed E-state index contributed by atoms with van der Waals surface area (Å²) in [7, 11) is -3.99. The van der Waals surface area contributed by atoms with Gasteiger partial charge in [0.2, 0.25) is 0 Å². The van der Waals surface area contributed by atoms with Gasteiger partial charge < -0.3 is 10.3 Å². The maximum atomic E-state index is 10.1. The molecule has 0 saturated heterocycles. The van der Waals surface area contributed by atoms with E-state index in [2.05, 4.69) is 0 Å². The van der Waals surface area contributed by atoms with Crippen LogP contribution in [0.25, 0.3) is 0 Å². The maximum Gasteiger partial charge on any atom is 1.00 e. The Hall–Kier alpha value is 0.870. The first-order chi connectivity index (χ1) is 5.06. The first kappa shape index (κ1) is 15.3. The number of unbranched alkanes of at least 4 members (excludes halogenated alkanes) is 3. The van der Waals surface area contributed by atoms with Crippen molar-refractivity contribution in [2.75, 3.05) is 12.3 Å².